The third-order valence-corrected chi connectivity index (χ3v) is 8.27. The van der Waals surface area contributed by atoms with Crippen LogP contribution in [0, 0.1) is 29.1 Å². The molecule has 0 saturated heterocycles. The van der Waals surface area contributed by atoms with Crippen LogP contribution in [-0.2, 0) is 28.5 Å². The number of fused-ring (bicyclic) bond motifs is 3. The van der Waals surface area contributed by atoms with Gasteiger partial charge in [-0.25, -0.2) is 27.6 Å². The minimum Gasteiger partial charge on any atom is -0.449 e. The number of esters is 1. The van der Waals surface area contributed by atoms with E-state index in [1.807, 2.05) is 48.5 Å². The topological polar surface area (TPSA) is 151 Å². The van der Waals surface area contributed by atoms with Crippen LogP contribution in [0.15, 0.2) is 60.7 Å². The van der Waals surface area contributed by atoms with Gasteiger partial charge in [-0.3, -0.25) is 4.79 Å². The maximum Gasteiger partial charge on any atom is 0.408 e. The van der Waals surface area contributed by atoms with Gasteiger partial charge in [0.1, 0.15) is 25.0 Å². The van der Waals surface area contributed by atoms with E-state index < -0.39 is 82.7 Å². The molecular weight excluding hydrogens is 749 g/mol. The maximum atomic E-state index is 13.9. The molecule has 3 aromatic rings. The second kappa shape index (κ2) is 19.4. The van der Waals surface area contributed by atoms with Gasteiger partial charge in [-0.15, -0.1) is 0 Å². The fraction of sp³-hybridized carbons (Fsp3) is 0.385. The Morgan fingerprint density at radius 1 is 0.821 bits per heavy atom. The minimum absolute atomic E-state index is 0.0378. The molecule has 0 aliphatic heterocycles. The average Bonchev–Trinajstić information content (AvgIpc) is 3.47. The van der Waals surface area contributed by atoms with E-state index in [0.717, 1.165) is 28.3 Å². The van der Waals surface area contributed by atoms with Crippen LogP contribution in [0.4, 0.5) is 31.5 Å². The lowest BCUT2D eigenvalue weighted by Gasteiger charge is -2.27. The van der Waals surface area contributed by atoms with Gasteiger partial charge >= 0.3 is 18.2 Å². The molecule has 0 unspecified atom stereocenters. The zero-order valence-electron chi connectivity index (χ0n) is 31.2. The molecule has 0 radical (unpaired) electrons. The van der Waals surface area contributed by atoms with Crippen molar-refractivity contribution in [3.63, 3.8) is 0 Å². The van der Waals surface area contributed by atoms with E-state index >= 15 is 0 Å². The van der Waals surface area contributed by atoms with Crippen LogP contribution in [0.2, 0.25) is 0 Å². The van der Waals surface area contributed by atoms with Crippen molar-refractivity contribution in [2.45, 2.75) is 70.2 Å². The molecule has 0 heterocycles. The van der Waals surface area contributed by atoms with Crippen molar-refractivity contribution in [1.82, 2.24) is 16.0 Å². The van der Waals surface area contributed by atoms with Crippen molar-refractivity contribution in [1.29, 1.82) is 0 Å². The second-order valence-corrected chi connectivity index (χ2v) is 13.6. The summed E-state index contributed by atoms with van der Waals surface area (Å²) >= 11 is 0. The number of carbonyl (C=O) groups excluding carboxylic acids is 4. The standard InChI is InChI=1S/C39H42F5N3O9/c1-21(14-15-29(48)55-35-33(43)31(41)30(40)32(42)34(35)44)46-36(49)28(47-38(51)56-39(2,3)4)18-22(54-20-52-5)16-17-45-37(50)53-19-27-25-12-8-6-10-23(25)24-11-7-9-13-26(24)27/h6-15,21-22,27-28H,16-20H2,1-5H3,(H,45,50)(H,46,49)(H,47,51)/b15-14+/t21-,22+,28-/m0/s1. The van der Waals surface area contributed by atoms with Crippen LogP contribution in [0.25, 0.3) is 11.1 Å². The van der Waals surface area contributed by atoms with E-state index in [0.29, 0.717) is 6.08 Å². The molecule has 4 rings (SSSR count). The van der Waals surface area contributed by atoms with Crippen LogP contribution in [-0.4, -0.2) is 74.9 Å². The third-order valence-electron chi connectivity index (χ3n) is 8.27. The summed E-state index contributed by atoms with van der Waals surface area (Å²) in [5.41, 5.74) is 3.31. The van der Waals surface area contributed by atoms with E-state index in [4.69, 9.17) is 18.9 Å². The number of ether oxygens (including phenoxy) is 5. The molecule has 0 saturated carbocycles. The van der Waals surface area contributed by atoms with E-state index in [-0.39, 0.29) is 38.7 Å². The van der Waals surface area contributed by atoms with Crippen molar-refractivity contribution in [2.75, 3.05) is 27.1 Å². The molecule has 0 spiro atoms. The third kappa shape index (κ3) is 11.5. The first-order chi connectivity index (χ1) is 26.5. The fourth-order valence-electron chi connectivity index (χ4n) is 5.77. The largest absolute Gasteiger partial charge is 0.449 e. The normalized spacial score (nSPS) is 14.0. The number of benzene rings is 3. The van der Waals surface area contributed by atoms with E-state index in [1.54, 1.807) is 20.8 Å². The van der Waals surface area contributed by atoms with E-state index in [1.165, 1.54) is 14.0 Å². The Morgan fingerprint density at radius 3 is 1.96 bits per heavy atom. The average molecular weight is 792 g/mol. The number of nitrogens with one attached hydrogen (secondary N) is 3. The summed E-state index contributed by atoms with van der Waals surface area (Å²) in [4.78, 5) is 51.1. The summed E-state index contributed by atoms with van der Waals surface area (Å²) < 4.78 is 94.2. The zero-order valence-corrected chi connectivity index (χ0v) is 31.2. The first-order valence-electron chi connectivity index (χ1n) is 17.4. The number of halogens is 5. The van der Waals surface area contributed by atoms with Gasteiger partial charge in [-0.05, 0) is 56.4 Å². The molecule has 0 aromatic heterocycles. The summed E-state index contributed by atoms with van der Waals surface area (Å²) in [6.07, 6.45) is -0.859. The number of hydrogen-bond donors (Lipinski definition) is 3. The lowest BCUT2D eigenvalue weighted by molar-refractivity contribution is -0.129. The summed E-state index contributed by atoms with van der Waals surface area (Å²) in [6, 6.07) is 13.4. The number of methoxy groups -OCH3 is 1. The number of hydrogen-bond acceptors (Lipinski definition) is 9. The molecule has 1 aliphatic rings. The van der Waals surface area contributed by atoms with Gasteiger partial charge in [0.25, 0.3) is 0 Å². The van der Waals surface area contributed by atoms with Gasteiger partial charge in [0, 0.05) is 38.1 Å². The monoisotopic (exact) mass is 791 g/mol. The summed E-state index contributed by atoms with van der Waals surface area (Å²) in [5, 5.41) is 7.66. The fourth-order valence-corrected chi connectivity index (χ4v) is 5.77. The van der Waals surface area contributed by atoms with Gasteiger partial charge in [0.2, 0.25) is 40.7 Å². The Morgan fingerprint density at radius 2 is 1.39 bits per heavy atom. The highest BCUT2D eigenvalue weighted by Gasteiger charge is 2.31. The molecule has 17 heteroatoms. The Balaban J connectivity index is 1.37. The summed E-state index contributed by atoms with van der Waals surface area (Å²) in [7, 11) is 1.37. The maximum absolute atomic E-state index is 13.9. The van der Waals surface area contributed by atoms with Gasteiger partial charge in [-0.1, -0.05) is 54.6 Å². The SMILES string of the molecule is COCO[C@H](CCNC(=O)OCC1c2ccccc2-c2ccccc21)C[C@H](NC(=O)OC(C)(C)C)C(=O)N[C@@H](C)/C=C/C(=O)Oc1c(F)c(F)c(F)c(F)c1F. The molecular formula is C39H42F5N3O9. The van der Waals surface area contributed by atoms with Crippen molar-refractivity contribution >= 4 is 24.1 Å². The summed E-state index contributed by atoms with van der Waals surface area (Å²) in [6.45, 7) is 6.13. The Labute approximate surface area is 319 Å². The number of amides is 3. The predicted octanol–water partition coefficient (Wildman–Crippen LogP) is 6.55. The molecule has 12 nitrogen and oxygen atoms in total. The second-order valence-electron chi connectivity index (χ2n) is 13.6. The molecule has 0 fully saturated rings. The van der Waals surface area contributed by atoms with E-state index in [2.05, 4.69) is 20.7 Å². The lowest BCUT2D eigenvalue weighted by atomic mass is 9.98. The van der Waals surface area contributed by atoms with Crippen molar-refractivity contribution < 1.29 is 64.8 Å². The Hall–Kier alpha value is -5.55. The Bertz CT molecular complexity index is 1860. The smallest absolute Gasteiger partial charge is 0.408 e. The lowest BCUT2D eigenvalue weighted by Crippen LogP contribution is -2.51. The minimum atomic E-state index is -2.43. The molecule has 3 amide bonds. The molecule has 0 bridgehead atoms. The molecule has 302 valence electrons. The van der Waals surface area contributed by atoms with Crippen molar-refractivity contribution in [3.8, 4) is 16.9 Å². The zero-order chi connectivity index (χ0) is 41.2. The first kappa shape index (κ1) is 43.2. The number of alkyl carbamates (subject to hydrolysis) is 2. The first-order valence-corrected chi connectivity index (χ1v) is 17.4. The van der Waals surface area contributed by atoms with Gasteiger partial charge in [-0.2, -0.15) is 8.78 Å². The Kier molecular flexibility index (Phi) is 14.9. The van der Waals surface area contributed by atoms with Crippen molar-refractivity contribution in [3.05, 3.63) is 101 Å². The molecule has 1 aliphatic carbocycles. The number of carbonyl (C=O) groups is 4. The molecule has 56 heavy (non-hydrogen) atoms. The molecule has 3 aromatic carbocycles. The summed E-state index contributed by atoms with van der Waals surface area (Å²) in [5.74, 6) is -16.0. The molecule has 3 N–H and O–H groups in total. The van der Waals surface area contributed by atoms with E-state index in [9.17, 15) is 41.1 Å². The van der Waals surface area contributed by atoms with Gasteiger partial charge < -0.3 is 39.6 Å². The number of rotatable bonds is 16. The van der Waals surface area contributed by atoms with Crippen molar-refractivity contribution in [2.24, 2.45) is 0 Å². The predicted molar refractivity (Wildman–Crippen MR) is 191 cm³/mol. The quantitative estimate of drug-likeness (QED) is 0.0279. The highest BCUT2D eigenvalue weighted by molar-refractivity contribution is 5.87. The highest BCUT2D eigenvalue weighted by atomic mass is 19.2. The van der Waals surface area contributed by atoms with Crippen LogP contribution in [0.3, 0.4) is 0 Å². The molecule has 3 atom stereocenters. The van der Waals surface area contributed by atoms with Crippen LogP contribution in [0.1, 0.15) is 57.6 Å². The van der Waals surface area contributed by atoms with Crippen LogP contribution in [0.5, 0.6) is 5.75 Å². The van der Waals surface area contributed by atoms with Crippen LogP contribution >= 0.6 is 0 Å². The van der Waals surface area contributed by atoms with Crippen LogP contribution < -0.4 is 20.7 Å². The highest BCUT2D eigenvalue weighted by Crippen LogP contribution is 2.44. The van der Waals surface area contributed by atoms with Gasteiger partial charge in [0.15, 0.2) is 0 Å². The van der Waals surface area contributed by atoms with Gasteiger partial charge in [0.05, 0.1) is 6.10 Å².